The Labute approximate surface area is 222 Å². The van der Waals surface area contributed by atoms with Gasteiger partial charge in [-0.05, 0) is 24.3 Å². The standard InChI is InChI=1S/C26H26N8O3S/c1-26(2,3)20-13-21(31-37-20)32(4)24(35)28-17-7-5-16(6-8-17)18-15-34-19-14-27-23(33-9-11-36-12-10-33)30-22(19)38-25(34)29-18/h5-8,13-15H,4,9-12H2,1-3H3/p+1. The summed E-state index contributed by atoms with van der Waals surface area (Å²) in [6, 6.07) is 8.79. The van der Waals surface area contributed by atoms with Crippen molar-refractivity contribution >= 4 is 56.8 Å². The van der Waals surface area contributed by atoms with E-state index < -0.39 is 6.03 Å². The predicted octanol–water partition coefficient (Wildman–Crippen LogP) is 4.70. The molecule has 11 nitrogen and oxygen atoms in total. The summed E-state index contributed by atoms with van der Waals surface area (Å²) < 4.78 is 14.0. The number of benzene rings is 1. The van der Waals surface area contributed by atoms with Gasteiger partial charge < -0.3 is 9.64 Å². The summed E-state index contributed by atoms with van der Waals surface area (Å²) in [5.41, 5.74) is 3.08. The van der Waals surface area contributed by atoms with E-state index in [2.05, 4.69) is 27.1 Å². The maximum atomic E-state index is 12.7. The van der Waals surface area contributed by atoms with Crippen molar-refractivity contribution < 1.29 is 18.6 Å². The second-order valence-corrected chi connectivity index (χ2v) is 11.0. The van der Waals surface area contributed by atoms with Crippen molar-refractivity contribution in [3.05, 3.63) is 48.5 Å². The van der Waals surface area contributed by atoms with E-state index in [9.17, 15) is 4.79 Å². The summed E-state index contributed by atoms with van der Waals surface area (Å²) in [4.78, 5) is 30.7. The number of nitrogens with zero attached hydrogens (tertiary/aromatic N) is 7. The Morgan fingerprint density at radius 1 is 1.16 bits per heavy atom. The van der Waals surface area contributed by atoms with E-state index in [1.165, 1.54) is 15.9 Å². The van der Waals surface area contributed by atoms with Crippen LogP contribution in [0.3, 0.4) is 0 Å². The average molecular weight is 532 g/mol. The summed E-state index contributed by atoms with van der Waals surface area (Å²) in [5, 5.41) is 6.80. The summed E-state index contributed by atoms with van der Waals surface area (Å²) in [5.74, 6) is 1.74. The molecule has 4 aromatic heterocycles. The minimum Gasteiger partial charge on any atom is -0.378 e. The normalized spacial score (nSPS) is 14.3. The van der Waals surface area contributed by atoms with Crippen molar-refractivity contribution in [1.29, 1.82) is 0 Å². The van der Waals surface area contributed by atoms with Crippen molar-refractivity contribution in [2.24, 2.45) is 0 Å². The molecule has 6 rings (SSSR count). The summed E-state index contributed by atoms with van der Waals surface area (Å²) >= 11 is 1.53. The van der Waals surface area contributed by atoms with Gasteiger partial charge in [-0.2, -0.15) is 4.58 Å². The minimum absolute atomic E-state index is 0.217. The van der Waals surface area contributed by atoms with Gasteiger partial charge in [0.15, 0.2) is 10.7 Å². The zero-order valence-electron chi connectivity index (χ0n) is 21.3. The molecule has 12 heteroatoms. The Morgan fingerprint density at radius 3 is 2.63 bits per heavy atom. The number of hydrogen-bond acceptors (Lipinski definition) is 9. The molecule has 0 unspecified atom stereocenters. The highest BCUT2D eigenvalue weighted by Gasteiger charge is 2.26. The molecule has 0 saturated carbocycles. The van der Waals surface area contributed by atoms with Crippen molar-refractivity contribution in [2.45, 2.75) is 26.2 Å². The molecule has 1 N–H and O–H groups in total. The van der Waals surface area contributed by atoms with Gasteiger partial charge in [0.25, 0.3) is 0 Å². The number of anilines is 2. The largest absolute Gasteiger partial charge is 0.445 e. The Bertz CT molecular complexity index is 1660. The highest BCUT2D eigenvalue weighted by Crippen LogP contribution is 2.30. The Morgan fingerprint density at radius 2 is 1.92 bits per heavy atom. The lowest BCUT2D eigenvalue weighted by atomic mass is 9.93. The van der Waals surface area contributed by atoms with Gasteiger partial charge in [-0.15, -0.1) is 0 Å². The molecular formula is C26H27N8O3S+. The molecule has 5 heterocycles. The van der Waals surface area contributed by atoms with Crippen LogP contribution in [0.4, 0.5) is 22.2 Å². The highest BCUT2D eigenvalue weighted by atomic mass is 32.1. The Balaban J connectivity index is 1.17. The highest BCUT2D eigenvalue weighted by molar-refractivity contribution is 7.23. The molecule has 1 aliphatic heterocycles. The summed E-state index contributed by atoms with van der Waals surface area (Å²) in [6.07, 6.45) is 3.83. The fourth-order valence-corrected chi connectivity index (χ4v) is 5.06. The molecule has 1 saturated heterocycles. The monoisotopic (exact) mass is 531 g/mol. The van der Waals surface area contributed by atoms with Crippen molar-refractivity contribution in [1.82, 2.24) is 24.5 Å². The number of amides is 2. The molecule has 0 spiro atoms. The van der Waals surface area contributed by atoms with Gasteiger partial charge in [0, 0.05) is 37.0 Å². The van der Waals surface area contributed by atoms with Crippen LogP contribution in [0.15, 0.2) is 47.2 Å². The molecule has 5 aromatic rings. The van der Waals surface area contributed by atoms with E-state index in [0.717, 1.165) is 45.6 Å². The predicted molar refractivity (Wildman–Crippen MR) is 146 cm³/mol. The second kappa shape index (κ2) is 9.30. The zero-order valence-corrected chi connectivity index (χ0v) is 22.2. The topological polar surface area (TPSA) is 114 Å². The molecular weight excluding hydrogens is 504 g/mol. The van der Waals surface area contributed by atoms with E-state index in [1.54, 1.807) is 6.07 Å². The van der Waals surface area contributed by atoms with Gasteiger partial charge in [-0.1, -0.05) is 32.1 Å². The van der Waals surface area contributed by atoms with Crippen LogP contribution in [-0.2, 0) is 10.2 Å². The number of ether oxygens (including phenoxy) is 1. The lowest BCUT2D eigenvalue weighted by Gasteiger charge is -2.26. The van der Waals surface area contributed by atoms with E-state index in [-0.39, 0.29) is 5.41 Å². The molecule has 194 valence electrons. The number of fused-ring (bicyclic) bond motifs is 3. The van der Waals surface area contributed by atoms with E-state index in [0.29, 0.717) is 30.5 Å². The first kappa shape index (κ1) is 24.2. The average Bonchev–Trinajstić information content (AvgIpc) is 3.64. The third-order valence-corrected chi connectivity index (χ3v) is 7.29. The number of carbonyl (C=O) groups is 1. The van der Waals surface area contributed by atoms with Crippen molar-refractivity contribution in [3.63, 3.8) is 0 Å². The number of nitrogens with one attached hydrogen (secondary N) is 1. The van der Waals surface area contributed by atoms with Crippen LogP contribution >= 0.6 is 11.3 Å². The number of imidazole rings is 1. The molecule has 0 aliphatic carbocycles. The zero-order chi connectivity index (χ0) is 26.4. The van der Waals surface area contributed by atoms with Gasteiger partial charge in [-0.3, -0.25) is 8.92 Å². The molecule has 38 heavy (non-hydrogen) atoms. The lowest BCUT2D eigenvalue weighted by molar-refractivity contribution is -0.323. The smallest absolute Gasteiger partial charge is 0.378 e. The Hall–Kier alpha value is -4.16. The van der Waals surface area contributed by atoms with Crippen LogP contribution in [0.5, 0.6) is 0 Å². The van der Waals surface area contributed by atoms with Crippen LogP contribution in [0.25, 0.3) is 26.6 Å². The number of morpholine rings is 1. The number of urea groups is 1. The third-order valence-electron chi connectivity index (χ3n) is 6.33. The quantitative estimate of drug-likeness (QED) is 0.262. The van der Waals surface area contributed by atoms with Gasteiger partial charge in [0.2, 0.25) is 5.95 Å². The molecule has 1 fully saturated rings. The van der Waals surface area contributed by atoms with Gasteiger partial charge in [0.1, 0.15) is 10.3 Å². The number of thiazole rings is 1. The number of aromatic nitrogens is 5. The lowest BCUT2D eigenvalue weighted by Crippen LogP contribution is -2.37. The SMILES string of the molecule is C=[N+](C(=O)Nc1ccc(-c2cn3c(n2)sc2nc(N4CCOCC4)ncc23)cc1)c1cc(C(C)(C)C)on1. The molecule has 0 radical (unpaired) electrons. The molecule has 0 bridgehead atoms. The van der Waals surface area contributed by atoms with Crippen LogP contribution in [0, 0.1) is 0 Å². The van der Waals surface area contributed by atoms with Gasteiger partial charge in [0.05, 0.1) is 42.0 Å². The van der Waals surface area contributed by atoms with Crippen LogP contribution in [0.1, 0.15) is 26.5 Å². The van der Waals surface area contributed by atoms with E-state index >= 15 is 0 Å². The molecule has 2 amide bonds. The van der Waals surface area contributed by atoms with Crippen LogP contribution in [-0.4, -0.2) is 68.1 Å². The molecule has 1 aliphatic rings. The van der Waals surface area contributed by atoms with Crippen LogP contribution in [0.2, 0.25) is 0 Å². The fraction of sp³-hybridized carbons (Fsp3) is 0.308. The maximum absolute atomic E-state index is 12.7. The first-order valence-electron chi connectivity index (χ1n) is 12.2. The van der Waals surface area contributed by atoms with Gasteiger partial charge in [-0.25, -0.2) is 25.1 Å². The van der Waals surface area contributed by atoms with E-state index in [1.807, 2.05) is 61.8 Å². The second-order valence-electron chi connectivity index (χ2n) is 10.1. The minimum atomic E-state index is -0.420. The summed E-state index contributed by atoms with van der Waals surface area (Å²) in [6.45, 7) is 12.8. The van der Waals surface area contributed by atoms with E-state index in [4.69, 9.17) is 19.2 Å². The first-order chi connectivity index (χ1) is 18.3. The maximum Gasteiger partial charge on any atom is 0.445 e. The Kier molecular flexibility index (Phi) is 5.92. The first-order valence-corrected chi connectivity index (χ1v) is 13.0. The molecule has 1 aromatic carbocycles. The van der Waals surface area contributed by atoms with Gasteiger partial charge >= 0.3 is 11.8 Å². The number of carbonyl (C=O) groups excluding carboxylic acids is 1. The van der Waals surface area contributed by atoms with Crippen molar-refractivity contribution in [3.8, 4) is 11.3 Å². The van der Waals surface area contributed by atoms with Crippen LogP contribution < -0.4 is 10.2 Å². The third kappa shape index (κ3) is 4.52. The molecule has 0 atom stereocenters. The number of rotatable bonds is 4. The number of hydrogen-bond donors (Lipinski definition) is 1. The fourth-order valence-electron chi connectivity index (χ4n) is 4.11. The summed E-state index contributed by atoms with van der Waals surface area (Å²) in [7, 11) is 0. The van der Waals surface area contributed by atoms with Crippen molar-refractivity contribution in [2.75, 3.05) is 36.5 Å².